The van der Waals surface area contributed by atoms with Crippen molar-refractivity contribution in [1.29, 1.82) is 0 Å². The highest BCUT2D eigenvalue weighted by atomic mass is 32.2. The molecule has 0 amide bonds. The lowest BCUT2D eigenvalue weighted by Crippen LogP contribution is -2.43. The van der Waals surface area contributed by atoms with E-state index in [-0.39, 0.29) is 6.04 Å². The van der Waals surface area contributed by atoms with Gasteiger partial charge in [-0.15, -0.1) is 0 Å². The molecule has 0 aliphatic carbocycles. The largest absolute Gasteiger partial charge is 0.379 e. The fraction of sp³-hybridized carbons (Fsp3) is 0.400. The summed E-state index contributed by atoms with van der Waals surface area (Å²) in [6.45, 7) is 7.35. The van der Waals surface area contributed by atoms with Gasteiger partial charge in [0.05, 0.1) is 24.2 Å². The van der Waals surface area contributed by atoms with E-state index in [1.807, 2.05) is 56.3 Å². The van der Waals surface area contributed by atoms with Crippen molar-refractivity contribution in [3.05, 3.63) is 65.2 Å². The van der Waals surface area contributed by atoms with Crippen molar-refractivity contribution in [3.63, 3.8) is 0 Å². The minimum atomic E-state index is -3.62. The van der Waals surface area contributed by atoms with Gasteiger partial charge >= 0.3 is 0 Å². The molecule has 1 saturated heterocycles. The summed E-state index contributed by atoms with van der Waals surface area (Å²) in [5.41, 5.74) is 2.65. The number of aryl methyl sites for hydroxylation is 2. The van der Waals surface area contributed by atoms with E-state index in [1.165, 1.54) is 0 Å². The van der Waals surface area contributed by atoms with Crippen molar-refractivity contribution in [2.24, 2.45) is 0 Å². The lowest BCUT2D eigenvalue weighted by molar-refractivity contribution is 0.0345. The zero-order valence-corrected chi connectivity index (χ0v) is 16.1. The fourth-order valence-corrected chi connectivity index (χ4v) is 4.73. The van der Waals surface area contributed by atoms with Gasteiger partial charge in [0, 0.05) is 19.6 Å². The summed E-state index contributed by atoms with van der Waals surface area (Å²) in [7, 11) is -3.62. The summed E-state index contributed by atoms with van der Waals surface area (Å²) in [6, 6.07) is 15.0. The Labute approximate surface area is 156 Å². The first-order chi connectivity index (χ1) is 12.5. The summed E-state index contributed by atoms with van der Waals surface area (Å²) in [5, 5.41) is 0. The molecular weight excluding hydrogens is 348 g/mol. The Morgan fingerprint density at radius 1 is 1.08 bits per heavy atom. The number of morpholine rings is 1. The summed E-state index contributed by atoms with van der Waals surface area (Å²) in [4.78, 5) is 2.59. The van der Waals surface area contributed by atoms with Crippen molar-refractivity contribution in [1.82, 2.24) is 9.62 Å². The van der Waals surface area contributed by atoms with Gasteiger partial charge in [-0.25, -0.2) is 13.1 Å². The van der Waals surface area contributed by atoms with E-state index in [9.17, 15) is 8.42 Å². The number of hydrogen-bond donors (Lipinski definition) is 1. The molecule has 1 fully saturated rings. The maximum atomic E-state index is 13.1. The van der Waals surface area contributed by atoms with E-state index in [0.717, 1.165) is 29.8 Å². The average Bonchev–Trinajstić information content (AvgIpc) is 2.64. The molecule has 0 radical (unpaired) electrons. The molecule has 26 heavy (non-hydrogen) atoms. The third kappa shape index (κ3) is 4.71. The summed E-state index contributed by atoms with van der Waals surface area (Å²) < 4.78 is 34.5. The van der Waals surface area contributed by atoms with Gasteiger partial charge in [0.1, 0.15) is 0 Å². The van der Waals surface area contributed by atoms with Crippen LogP contribution in [0.1, 0.15) is 22.7 Å². The minimum absolute atomic E-state index is 0.306. The molecule has 2 aromatic carbocycles. The van der Waals surface area contributed by atoms with E-state index < -0.39 is 10.0 Å². The molecule has 0 spiro atoms. The maximum absolute atomic E-state index is 13.1. The molecule has 0 saturated carbocycles. The third-order valence-electron chi connectivity index (χ3n) is 4.68. The van der Waals surface area contributed by atoms with Crippen LogP contribution in [0.3, 0.4) is 0 Å². The molecule has 6 heteroatoms. The van der Waals surface area contributed by atoms with Gasteiger partial charge in [0.15, 0.2) is 0 Å². The highest BCUT2D eigenvalue weighted by Gasteiger charge is 2.25. The molecule has 2 aromatic rings. The van der Waals surface area contributed by atoms with Crippen LogP contribution in [0.5, 0.6) is 0 Å². The number of nitrogens with zero attached hydrogens (tertiary/aromatic N) is 1. The van der Waals surface area contributed by atoms with Crippen LogP contribution < -0.4 is 4.72 Å². The van der Waals surface area contributed by atoms with Crippen molar-refractivity contribution in [2.75, 3.05) is 32.8 Å². The van der Waals surface area contributed by atoms with Crippen LogP contribution in [0, 0.1) is 13.8 Å². The van der Waals surface area contributed by atoms with Gasteiger partial charge in [0.2, 0.25) is 10.0 Å². The normalized spacial score (nSPS) is 17.2. The van der Waals surface area contributed by atoms with Gasteiger partial charge in [0.25, 0.3) is 0 Å². The molecule has 1 heterocycles. The molecule has 140 valence electrons. The Hall–Kier alpha value is -1.73. The smallest absolute Gasteiger partial charge is 0.241 e. The first kappa shape index (κ1) is 19.0. The third-order valence-corrected chi connectivity index (χ3v) is 6.29. The summed E-state index contributed by atoms with van der Waals surface area (Å²) in [6.07, 6.45) is 0. The summed E-state index contributed by atoms with van der Waals surface area (Å²) >= 11 is 0. The van der Waals surface area contributed by atoms with Crippen LogP contribution in [0.15, 0.2) is 53.4 Å². The van der Waals surface area contributed by atoms with Gasteiger partial charge in [-0.1, -0.05) is 42.5 Å². The minimum Gasteiger partial charge on any atom is -0.379 e. The van der Waals surface area contributed by atoms with E-state index in [1.54, 1.807) is 6.07 Å². The molecule has 0 aromatic heterocycles. The Morgan fingerprint density at radius 2 is 1.77 bits per heavy atom. The van der Waals surface area contributed by atoms with Gasteiger partial charge in [-0.2, -0.15) is 0 Å². The number of sulfonamides is 1. The molecule has 0 bridgehead atoms. The summed E-state index contributed by atoms with van der Waals surface area (Å²) in [5.74, 6) is 0. The average molecular weight is 375 g/mol. The number of benzene rings is 2. The van der Waals surface area contributed by atoms with Crippen LogP contribution in [0.4, 0.5) is 0 Å². The highest BCUT2D eigenvalue weighted by Crippen LogP contribution is 2.22. The Balaban J connectivity index is 1.87. The Kier molecular flexibility index (Phi) is 6.09. The van der Waals surface area contributed by atoms with Crippen LogP contribution in [-0.4, -0.2) is 46.2 Å². The lowest BCUT2D eigenvalue weighted by Gasteiger charge is -2.31. The van der Waals surface area contributed by atoms with E-state index in [4.69, 9.17) is 4.74 Å². The molecule has 1 unspecified atom stereocenters. The fourth-order valence-electron chi connectivity index (χ4n) is 3.19. The quantitative estimate of drug-likeness (QED) is 0.845. The molecule has 5 nitrogen and oxygen atoms in total. The highest BCUT2D eigenvalue weighted by molar-refractivity contribution is 7.89. The molecule has 1 aliphatic heterocycles. The standard InChI is InChI=1S/C20H26N2O3S/c1-16-8-9-17(2)20(14-16)26(23,24)21-19(18-6-4-3-5-7-18)15-22-10-12-25-13-11-22/h3-9,14,19,21H,10-13,15H2,1-2H3. The van der Waals surface area contributed by atoms with E-state index in [2.05, 4.69) is 9.62 Å². The van der Waals surface area contributed by atoms with Crippen LogP contribution in [0.2, 0.25) is 0 Å². The van der Waals surface area contributed by atoms with E-state index >= 15 is 0 Å². The van der Waals surface area contributed by atoms with Gasteiger partial charge in [-0.05, 0) is 36.6 Å². The van der Waals surface area contributed by atoms with E-state index in [0.29, 0.717) is 24.7 Å². The topological polar surface area (TPSA) is 58.6 Å². The Bertz CT molecular complexity index is 831. The van der Waals surface area contributed by atoms with Crippen LogP contribution in [0.25, 0.3) is 0 Å². The van der Waals surface area contributed by atoms with Crippen molar-refractivity contribution < 1.29 is 13.2 Å². The predicted octanol–water partition coefficient (Wildman–Crippen LogP) is 2.66. The first-order valence-electron chi connectivity index (χ1n) is 8.90. The number of hydrogen-bond acceptors (Lipinski definition) is 4. The second-order valence-corrected chi connectivity index (χ2v) is 8.45. The van der Waals surface area contributed by atoms with Crippen molar-refractivity contribution in [2.45, 2.75) is 24.8 Å². The second kappa shape index (κ2) is 8.31. The molecule has 1 aliphatic rings. The number of rotatable bonds is 6. The molecular formula is C20H26N2O3S. The van der Waals surface area contributed by atoms with Crippen LogP contribution >= 0.6 is 0 Å². The van der Waals surface area contributed by atoms with Gasteiger partial charge in [-0.3, -0.25) is 4.90 Å². The zero-order chi connectivity index (χ0) is 18.6. The SMILES string of the molecule is Cc1ccc(C)c(S(=O)(=O)NC(CN2CCOCC2)c2ccccc2)c1. The number of nitrogens with one attached hydrogen (secondary N) is 1. The second-order valence-electron chi connectivity index (χ2n) is 6.77. The van der Waals surface area contributed by atoms with Crippen molar-refractivity contribution in [3.8, 4) is 0 Å². The monoisotopic (exact) mass is 374 g/mol. The first-order valence-corrected chi connectivity index (χ1v) is 10.4. The lowest BCUT2D eigenvalue weighted by atomic mass is 10.1. The maximum Gasteiger partial charge on any atom is 0.241 e. The Morgan fingerprint density at radius 3 is 2.46 bits per heavy atom. The van der Waals surface area contributed by atoms with Crippen LogP contribution in [-0.2, 0) is 14.8 Å². The number of ether oxygens (including phenoxy) is 1. The zero-order valence-electron chi connectivity index (χ0n) is 15.3. The predicted molar refractivity (Wildman–Crippen MR) is 103 cm³/mol. The van der Waals surface area contributed by atoms with Gasteiger partial charge < -0.3 is 4.74 Å². The van der Waals surface area contributed by atoms with Crippen molar-refractivity contribution >= 4 is 10.0 Å². The molecule has 3 rings (SSSR count). The molecule has 1 N–H and O–H groups in total. The molecule has 1 atom stereocenters.